The molecular weight excluding hydrogens is 617 g/mol. The molecule has 0 aliphatic carbocycles. The minimum Gasteiger partial charge on any atom is -0.506 e. The summed E-state index contributed by atoms with van der Waals surface area (Å²) in [6.45, 7) is 0. The van der Waals surface area contributed by atoms with Gasteiger partial charge in [-0.05, 0) is 88.2 Å². The molecule has 0 saturated heterocycles. The molecule has 1 atom stereocenters. The number of rotatable bonds is 12. The van der Waals surface area contributed by atoms with Crippen molar-refractivity contribution < 1.29 is 14.7 Å². The zero-order valence-corrected chi connectivity index (χ0v) is 27.7. The number of benzene rings is 6. The molecule has 7 rings (SSSR count). The van der Waals surface area contributed by atoms with Gasteiger partial charge in [0.2, 0.25) is 0 Å². The molecule has 246 valence electrons. The maximum absolute atomic E-state index is 14.0. The van der Waals surface area contributed by atoms with E-state index < -0.39 is 6.04 Å². The van der Waals surface area contributed by atoms with Crippen molar-refractivity contribution in [2.75, 3.05) is 0 Å². The van der Waals surface area contributed by atoms with Gasteiger partial charge in [0.15, 0.2) is 5.78 Å². The van der Waals surface area contributed by atoms with Crippen LogP contribution in [0.2, 0.25) is 0 Å². The average molecular weight is 655 g/mol. The van der Waals surface area contributed by atoms with Crippen molar-refractivity contribution in [2.45, 2.75) is 37.6 Å². The van der Waals surface area contributed by atoms with Gasteiger partial charge in [0.05, 0.1) is 6.04 Å². The molecule has 50 heavy (non-hydrogen) atoms. The zero-order valence-electron chi connectivity index (χ0n) is 27.7. The first-order valence-electron chi connectivity index (χ1n) is 17.1. The molecule has 0 radical (unpaired) electrons. The molecule has 0 saturated carbocycles. The Morgan fingerprint density at radius 3 is 2.10 bits per heavy atom. The monoisotopic (exact) mass is 654 g/mol. The second kappa shape index (κ2) is 15.0. The van der Waals surface area contributed by atoms with Crippen LogP contribution in [0.4, 0.5) is 0 Å². The maximum Gasteiger partial charge on any atom is 0.251 e. The van der Waals surface area contributed by atoms with Crippen molar-refractivity contribution in [1.82, 2.24) is 10.3 Å². The molecule has 6 aromatic carbocycles. The van der Waals surface area contributed by atoms with Crippen LogP contribution in [0, 0.1) is 0 Å². The van der Waals surface area contributed by atoms with E-state index in [1.54, 1.807) is 24.4 Å². The Kier molecular flexibility index (Phi) is 9.74. The summed E-state index contributed by atoms with van der Waals surface area (Å²) < 4.78 is 0. The number of ketones is 1. The number of phenolic OH excluding ortho intramolecular Hbond substituents is 1. The molecule has 0 fully saturated rings. The van der Waals surface area contributed by atoms with E-state index in [-0.39, 0.29) is 23.4 Å². The molecule has 1 amide bonds. The molecule has 2 N–H and O–H groups in total. The largest absolute Gasteiger partial charge is 0.506 e. The number of Topliss-reactive ketones (excluding diaryl/α,β-unsaturated/α-hetero) is 1. The van der Waals surface area contributed by atoms with Crippen LogP contribution in [-0.4, -0.2) is 27.8 Å². The maximum atomic E-state index is 14.0. The van der Waals surface area contributed by atoms with E-state index >= 15 is 0 Å². The van der Waals surface area contributed by atoms with Crippen LogP contribution in [0.5, 0.6) is 5.75 Å². The van der Waals surface area contributed by atoms with Gasteiger partial charge in [0.1, 0.15) is 11.3 Å². The number of pyridine rings is 1. The quantitative estimate of drug-likeness (QED) is 0.138. The lowest BCUT2D eigenvalue weighted by atomic mass is 9.86. The van der Waals surface area contributed by atoms with E-state index in [1.807, 2.05) is 60.7 Å². The molecule has 5 heteroatoms. The van der Waals surface area contributed by atoms with Crippen LogP contribution >= 0.6 is 0 Å². The number of carbonyl (C=O) groups excluding carboxylic acids is 2. The van der Waals surface area contributed by atoms with Gasteiger partial charge in [-0.1, -0.05) is 121 Å². The van der Waals surface area contributed by atoms with Crippen LogP contribution in [0.15, 0.2) is 158 Å². The first kappa shape index (κ1) is 32.5. The van der Waals surface area contributed by atoms with Crippen molar-refractivity contribution in [1.29, 1.82) is 0 Å². The minimum absolute atomic E-state index is 0.00879. The van der Waals surface area contributed by atoms with E-state index in [1.165, 1.54) is 11.1 Å². The summed E-state index contributed by atoms with van der Waals surface area (Å²) in [5.74, 6) is -0.0545. The third-order valence-electron chi connectivity index (χ3n) is 9.41. The predicted molar refractivity (Wildman–Crippen MR) is 201 cm³/mol. The Morgan fingerprint density at radius 1 is 0.640 bits per heavy atom. The van der Waals surface area contributed by atoms with E-state index in [2.05, 4.69) is 83.1 Å². The van der Waals surface area contributed by atoms with Crippen LogP contribution < -0.4 is 5.32 Å². The molecule has 1 heterocycles. The van der Waals surface area contributed by atoms with Gasteiger partial charge in [-0.3, -0.25) is 14.6 Å². The van der Waals surface area contributed by atoms with Crippen molar-refractivity contribution in [3.05, 3.63) is 180 Å². The van der Waals surface area contributed by atoms with Gasteiger partial charge in [-0.25, -0.2) is 0 Å². The number of aromatic hydroxyl groups is 1. The van der Waals surface area contributed by atoms with E-state index in [0.29, 0.717) is 30.3 Å². The topological polar surface area (TPSA) is 79.3 Å². The van der Waals surface area contributed by atoms with Gasteiger partial charge in [-0.2, -0.15) is 0 Å². The van der Waals surface area contributed by atoms with E-state index in [0.717, 1.165) is 39.3 Å². The third-order valence-corrected chi connectivity index (χ3v) is 9.41. The zero-order chi connectivity index (χ0) is 34.3. The highest BCUT2D eigenvalue weighted by Crippen LogP contribution is 2.32. The Bertz CT molecular complexity index is 2230. The average Bonchev–Trinajstić information content (AvgIpc) is 3.17. The van der Waals surface area contributed by atoms with Crippen molar-refractivity contribution in [2.24, 2.45) is 0 Å². The number of amides is 1. The van der Waals surface area contributed by atoms with Crippen molar-refractivity contribution in [3.8, 4) is 16.9 Å². The lowest BCUT2D eigenvalue weighted by Gasteiger charge is -2.21. The number of hydrogen-bond donors (Lipinski definition) is 2. The smallest absolute Gasteiger partial charge is 0.251 e. The summed E-state index contributed by atoms with van der Waals surface area (Å²) in [5, 5.41) is 16.8. The second-order valence-corrected chi connectivity index (χ2v) is 12.8. The fraction of sp³-hybridized carbons (Fsp3) is 0.133. The Balaban J connectivity index is 1.12. The van der Waals surface area contributed by atoms with Gasteiger partial charge in [0.25, 0.3) is 5.91 Å². The molecule has 0 bridgehead atoms. The molecule has 0 aliphatic heterocycles. The summed E-state index contributed by atoms with van der Waals surface area (Å²) in [5.41, 5.74) is 5.96. The van der Waals surface area contributed by atoms with Gasteiger partial charge < -0.3 is 10.4 Å². The number of nitrogens with zero attached hydrogens (tertiary/aromatic N) is 1. The molecule has 7 aromatic rings. The first-order valence-corrected chi connectivity index (χ1v) is 17.1. The highest BCUT2D eigenvalue weighted by Gasteiger charge is 2.23. The summed E-state index contributed by atoms with van der Waals surface area (Å²) in [7, 11) is 0. The number of aromatic nitrogens is 1. The SMILES string of the molecule is O=C(N[C@@H](Cc1ccc2ccccc2c1)C(=O)CCCC(c1ccccc1)c1ccccc1)c1cccc(-c2cc(O)c3ncccc3c2)c1. The standard InChI is InChI=1S/C45H38N2O3/c48-42(22-10-21-40(33-13-3-1-4-14-33)34-15-5-2-6-16-34)41(27-31-23-24-32-12-7-8-17-35(32)26-31)47-45(50)38-19-9-18-36(28-38)39-29-37-20-11-25-46-44(37)43(49)30-39/h1-9,11-20,23-26,28-30,40-41,49H,10,21-22,27H2,(H,47,50)/t41-/m0/s1. The summed E-state index contributed by atoms with van der Waals surface area (Å²) in [6, 6.07) is 49.1. The third kappa shape index (κ3) is 7.48. The fourth-order valence-electron chi connectivity index (χ4n) is 6.82. The number of hydrogen-bond acceptors (Lipinski definition) is 4. The molecular formula is C45H38N2O3. The Morgan fingerprint density at radius 2 is 1.34 bits per heavy atom. The number of phenols is 1. The number of nitrogens with one attached hydrogen (secondary N) is 1. The molecule has 5 nitrogen and oxygen atoms in total. The normalized spacial score (nSPS) is 11.9. The summed E-state index contributed by atoms with van der Waals surface area (Å²) >= 11 is 0. The van der Waals surface area contributed by atoms with Crippen LogP contribution in [-0.2, 0) is 11.2 Å². The lowest BCUT2D eigenvalue weighted by molar-refractivity contribution is -0.121. The molecule has 1 aromatic heterocycles. The molecule has 0 spiro atoms. The van der Waals surface area contributed by atoms with Crippen molar-refractivity contribution >= 4 is 33.4 Å². The molecule has 0 aliphatic rings. The summed E-state index contributed by atoms with van der Waals surface area (Å²) in [4.78, 5) is 32.2. The van der Waals surface area contributed by atoms with Gasteiger partial charge in [0, 0.05) is 29.5 Å². The minimum atomic E-state index is -0.699. The lowest BCUT2D eigenvalue weighted by Crippen LogP contribution is -2.42. The summed E-state index contributed by atoms with van der Waals surface area (Å²) in [6.07, 6.45) is 3.88. The van der Waals surface area contributed by atoms with Crippen LogP contribution in [0.1, 0.15) is 52.2 Å². The van der Waals surface area contributed by atoms with Crippen LogP contribution in [0.25, 0.3) is 32.8 Å². The number of carbonyl (C=O) groups is 2. The van der Waals surface area contributed by atoms with Crippen molar-refractivity contribution in [3.63, 3.8) is 0 Å². The fourth-order valence-corrected chi connectivity index (χ4v) is 6.82. The highest BCUT2D eigenvalue weighted by molar-refractivity contribution is 5.99. The predicted octanol–water partition coefficient (Wildman–Crippen LogP) is 9.67. The Hall–Kier alpha value is -6.07. The van der Waals surface area contributed by atoms with E-state index in [4.69, 9.17) is 0 Å². The highest BCUT2D eigenvalue weighted by atomic mass is 16.3. The van der Waals surface area contributed by atoms with Crippen LogP contribution in [0.3, 0.4) is 0 Å². The van der Waals surface area contributed by atoms with Gasteiger partial charge in [-0.15, -0.1) is 0 Å². The molecule has 0 unspecified atom stereocenters. The Labute approximate surface area is 292 Å². The first-order chi connectivity index (χ1) is 24.5. The number of fused-ring (bicyclic) bond motifs is 2. The second-order valence-electron chi connectivity index (χ2n) is 12.8. The van der Waals surface area contributed by atoms with E-state index in [9.17, 15) is 14.7 Å². The van der Waals surface area contributed by atoms with Gasteiger partial charge >= 0.3 is 0 Å².